The lowest BCUT2D eigenvalue weighted by Crippen LogP contribution is -2.19. The van der Waals surface area contributed by atoms with Crippen molar-refractivity contribution < 1.29 is 0 Å². The molecule has 1 aliphatic carbocycles. The fourth-order valence-corrected chi connectivity index (χ4v) is 3.38. The Kier molecular flexibility index (Phi) is 2.51. The van der Waals surface area contributed by atoms with Crippen molar-refractivity contribution in [2.45, 2.75) is 19.8 Å². The molecule has 2 atom stereocenters. The molecule has 0 radical (unpaired) electrons. The number of hydrogen-bond donors (Lipinski definition) is 0. The Labute approximate surface area is 98.5 Å². The van der Waals surface area contributed by atoms with Crippen LogP contribution in [-0.2, 0) is 6.42 Å². The highest BCUT2D eigenvalue weighted by molar-refractivity contribution is 5.21. The van der Waals surface area contributed by atoms with E-state index >= 15 is 0 Å². The van der Waals surface area contributed by atoms with Gasteiger partial charge in [0.15, 0.2) is 0 Å². The van der Waals surface area contributed by atoms with E-state index in [0.717, 1.165) is 17.8 Å². The highest BCUT2D eigenvalue weighted by atomic mass is 15.2. The third kappa shape index (κ3) is 1.89. The molecular formula is C15H21N. The smallest absolute Gasteiger partial charge is 0.00127 e. The van der Waals surface area contributed by atoms with Crippen LogP contribution >= 0.6 is 0 Å². The molecule has 1 aromatic rings. The molecule has 0 bridgehead atoms. The molecule has 2 unspecified atom stereocenters. The molecule has 1 heteroatoms. The summed E-state index contributed by atoms with van der Waals surface area (Å²) in [6.45, 7) is 4.86. The summed E-state index contributed by atoms with van der Waals surface area (Å²) in [6, 6.07) is 9.05. The normalized spacial score (nSPS) is 32.8. The van der Waals surface area contributed by atoms with Crippen LogP contribution in [0.5, 0.6) is 0 Å². The van der Waals surface area contributed by atoms with Crippen LogP contribution in [0.2, 0.25) is 0 Å². The van der Waals surface area contributed by atoms with E-state index < -0.39 is 0 Å². The highest BCUT2D eigenvalue weighted by Crippen LogP contribution is 2.53. The van der Waals surface area contributed by atoms with Crippen molar-refractivity contribution in [2.24, 2.45) is 17.8 Å². The molecule has 1 nitrogen and oxygen atoms in total. The van der Waals surface area contributed by atoms with Crippen LogP contribution in [0.3, 0.4) is 0 Å². The summed E-state index contributed by atoms with van der Waals surface area (Å²) in [7, 11) is 2.25. The van der Waals surface area contributed by atoms with E-state index in [4.69, 9.17) is 0 Å². The number of likely N-dealkylation sites (tertiary alicyclic amines) is 1. The molecule has 86 valence electrons. The van der Waals surface area contributed by atoms with Gasteiger partial charge < -0.3 is 4.90 Å². The molecule has 2 fully saturated rings. The zero-order valence-electron chi connectivity index (χ0n) is 10.3. The summed E-state index contributed by atoms with van der Waals surface area (Å²) in [4.78, 5) is 2.48. The van der Waals surface area contributed by atoms with Crippen molar-refractivity contribution in [3.63, 3.8) is 0 Å². The number of piperidine rings is 1. The summed E-state index contributed by atoms with van der Waals surface area (Å²) < 4.78 is 0. The lowest BCUT2D eigenvalue weighted by atomic mass is 10.0. The molecule has 1 heterocycles. The number of rotatable bonds is 3. The van der Waals surface area contributed by atoms with Gasteiger partial charge in [-0.15, -0.1) is 0 Å². The Morgan fingerprint density at radius 1 is 1.12 bits per heavy atom. The molecule has 1 saturated heterocycles. The number of aryl methyl sites for hydroxylation is 2. The molecule has 2 aliphatic rings. The SMILES string of the molecule is Cc1ccc(CCC2C3CN(C)CC23)cc1. The van der Waals surface area contributed by atoms with Gasteiger partial charge in [-0.25, -0.2) is 0 Å². The van der Waals surface area contributed by atoms with E-state index in [9.17, 15) is 0 Å². The minimum atomic E-state index is 1.04. The zero-order chi connectivity index (χ0) is 11.1. The average Bonchev–Trinajstić information content (AvgIpc) is 2.73. The summed E-state index contributed by atoms with van der Waals surface area (Å²) in [5.41, 5.74) is 2.89. The molecule has 3 rings (SSSR count). The minimum Gasteiger partial charge on any atom is -0.306 e. The predicted octanol–water partition coefficient (Wildman–Crippen LogP) is 2.74. The second kappa shape index (κ2) is 3.89. The quantitative estimate of drug-likeness (QED) is 0.749. The van der Waals surface area contributed by atoms with Crippen LogP contribution in [0, 0.1) is 24.7 Å². The molecule has 1 saturated carbocycles. The van der Waals surface area contributed by atoms with Crippen LogP contribution in [0.1, 0.15) is 17.5 Å². The van der Waals surface area contributed by atoms with Crippen LogP contribution < -0.4 is 0 Å². The molecule has 0 N–H and O–H groups in total. The van der Waals surface area contributed by atoms with Crippen molar-refractivity contribution in [3.05, 3.63) is 35.4 Å². The number of fused-ring (bicyclic) bond motifs is 1. The maximum absolute atomic E-state index is 2.48. The Balaban J connectivity index is 1.50. The Morgan fingerprint density at radius 3 is 2.38 bits per heavy atom. The fourth-order valence-electron chi connectivity index (χ4n) is 3.38. The van der Waals surface area contributed by atoms with Gasteiger partial charge in [0.1, 0.15) is 0 Å². The van der Waals surface area contributed by atoms with E-state index in [0.29, 0.717) is 0 Å². The van der Waals surface area contributed by atoms with Crippen molar-refractivity contribution >= 4 is 0 Å². The summed E-state index contributed by atoms with van der Waals surface area (Å²) in [5, 5.41) is 0. The molecule has 0 aromatic heterocycles. The Morgan fingerprint density at radius 2 is 1.75 bits per heavy atom. The molecular weight excluding hydrogens is 194 g/mol. The second-order valence-electron chi connectivity index (χ2n) is 5.74. The minimum absolute atomic E-state index is 1.04. The van der Waals surface area contributed by atoms with Gasteiger partial charge in [-0.2, -0.15) is 0 Å². The van der Waals surface area contributed by atoms with E-state index in [-0.39, 0.29) is 0 Å². The van der Waals surface area contributed by atoms with Gasteiger partial charge >= 0.3 is 0 Å². The molecule has 1 aliphatic heterocycles. The van der Waals surface area contributed by atoms with Gasteiger partial charge in [-0.1, -0.05) is 29.8 Å². The lowest BCUT2D eigenvalue weighted by molar-refractivity contribution is 0.339. The molecule has 0 amide bonds. The first-order chi connectivity index (χ1) is 7.74. The van der Waals surface area contributed by atoms with Crippen LogP contribution in [-0.4, -0.2) is 25.0 Å². The standard InChI is InChI=1S/C15H21N/c1-11-3-5-12(6-4-11)7-8-13-14-9-16(2)10-15(13)14/h3-6,13-15H,7-10H2,1-2H3. The van der Waals surface area contributed by atoms with E-state index in [1.807, 2.05) is 0 Å². The van der Waals surface area contributed by atoms with E-state index in [2.05, 4.69) is 43.1 Å². The predicted molar refractivity (Wildman–Crippen MR) is 67.5 cm³/mol. The van der Waals surface area contributed by atoms with Crippen molar-refractivity contribution in [1.29, 1.82) is 0 Å². The summed E-state index contributed by atoms with van der Waals surface area (Å²) in [5.74, 6) is 3.11. The van der Waals surface area contributed by atoms with E-state index in [1.165, 1.54) is 37.1 Å². The van der Waals surface area contributed by atoms with Gasteiger partial charge in [0.05, 0.1) is 0 Å². The van der Waals surface area contributed by atoms with Gasteiger partial charge in [0, 0.05) is 13.1 Å². The highest BCUT2D eigenvalue weighted by Gasteiger charge is 2.53. The van der Waals surface area contributed by atoms with Gasteiger partial charge in [-0.05, 0) is 50.1 Å². The van der Waals surface area contributed by atoms with Crippen LogP contribution in [0.25, 0.3) is 0 Å². The first kappa shape index (κ1) is 10.3. The van der Waals surface area contributed by atoms with Crippen molar-refractivity contribution in [1.82, 2.24) is 4.90 Å². The topological polar surface area (TPSA) is 3.24 Å². The van der Waals surface area contributed by atoms with Crippen molar-refractivity contribution in [2.75, 3.05) is 20.1 Å². The number of hydrogen-bond acceptors (Lipinski definition) is 1. The third-order valence-electron chi connectivity index (χ3n) is 4.44. The van der Waals surface area contributed by atoms with Crippen molar-refractivity contribution in [3.8, 4) is 0 Å². The summed E-state index contributed by atoms with van der Waals surface area (Å²) >= 11 is 0. The lowest BCUT2D eigenvalue weighted by Gasteiger charge is -2.12. The van der Waals surface area contributed by atoms with Crippen LogP contribution in [0.4, 0.5) is 0 Å². The maximum atomic E-state index is 2.48. The van der Waals surface area contributed by atoms with Gasteiger partial charge in [-0.3, -0.25) is 0 Å². The average molecular weight is 215 g/mol. The molecule has 1 aromatic carbocycles. The van der Waals surface area contributed by atoms with Crippen LogP contribution in [0.15, 0.2) is 24.3 Å². The second-order valence-corrected chi connectivity index (χ2v) is 5.74. The maximum Gasteiger partial charge on any atom is 0.00127 e. The summed E-state index contributed by atoms with van der Waals surface area (Å²) in [6.07, 6.45) is 2.69. The fraction of sp³-hybridized carbons (Fsp3) is 0.600. The Bertz CT molecular complexity index is 356. The first-order valence-corrected chi connectivity index (χ1v) is 6.48. The Hall–Kier alpha value is -0.820. The number of benzene rings is 1. The molecule has 0 spiro atoms. The largest absolute Gasteiger partial charge is 0.306 e. The molecule has 16 heavy (non-hydrogen) atoms. The zero-order valence-corrected chi connectivity index (χ0v) is 10.3. The first-order valence-electron chi connectivity index (χ1n) is 6.48. The third-order valence-corrected chi connectivity index (χ3v) is 4.44. The van der Waals surface area contributed by atoms with E-state index in [1.54, 1.807) is 0 Å². The van der Waals surface area contributed by atoms with Gasteiger partial charge in [0.25, 0.3) is 0 Å². The monoisotopic (exact) mass is 215 g/mol. The van der Waals surface area contributed by atoms with Gasteiger partial charge in [0.2, 0.25) is 0 Å². The number of nitrogens with zero attached hydrogens (tertiary/aromatic N) is 1.